The Morgan fingerprint density at radius 2 is 1.24 bits per heavy atom. The van der Waals surface area contributed by atoms with Gasteiger partial charge in [-0.3, -0.25) is 0 Å². The van der Waals surface area contributed by atoms with Crippen molar-refractivity contribution in [1.82, 2.24) is 15.0 Å². The van der Waals surface area contributed by atoms with Crippen molar-refractivity contribution in [2.75, 3.05) is 0 Å². The highest BCUT2D eigenvalue weighted by atomic mass is 15.0. The Hall–Kier alpha value is -4.62. The van der Waals surface area contributed by atoms with Gasteiger partial charge in [0.15, 0.2) is 17.5 Å². The number of hydrogen-bond donors (Lipinski definition) is 0. The SMILES string of the molecule is C[C@@H]1C[C@@H]2C[C@H](C)CC(c3ccc(-c4nc(-c5ccccc5)nc(-c5ccc6c(c5)-c5ccc(C#N)cc5C6(C)C)n4)cc3)(C1)C2. The highest BCUT2D eigenvalue weighted by molar-refractivity contribution is 5.84. The summed E-state index contributed by atoms with van der Waals surface area (Å²) >= 11 is 0. The van der Waals surface area contributed by atoms with E-state index in [0.29, 0.717) is 28.5 Å². The van der Waals surface area contributed by atoms with Gasteiger partial charge in [0, 0.05) is 22.1 Å². The first kappa shape index (κ1) is 28.8. The maximum absolute atomic E-state index is 9.56. The molecule has 4 aromatic carbocycles. The summed E-state index contributed by atoms with van der Waals surface area (Å²) in [6, 6.07) is 34.3. The minimum absolute atomic E-state index is 0.191. The molecule has 46 heavy (non-hydrogen) atoms. The minimum atomic E-state index is -0.191. The average Bonchev–Trinajstić information content (AvgIpc) is 3.29. The zero-order valence-electron chi connectivity index (χ0n) is 27.2. The van der Waals surface area contributed by atoms with Crippen molar-refractivity contribution < 1.29 is 0 Å². The molecule has 0 radical (unpaired) electrons. The van der Waals surface area contributed by atoms with Crippen molar-refractivity contribution in [3.63, 3.8) is 0 Å². The molecule has 3 aliphatic rings. The number of fused-ring (bicyclic) bond motifs is 5. The number of rotatable bonds is 4. The van der Waals surface area contributed by atoms with E-state index in [9.17, 15) is 5.26 Å². The number of hydrogen-bond acceptors (Lipinski definition) is 4. The molecular formula is C42H40N4. The number of aromatic nitrogens is 3. The second kappa shape index (κ2) is 10.7. The molecule has 2 fully saturated rings. The van der Waals surface area contributed by atoms with Crippen LogP contribution in [0.5, 0.6) is 0 Å². The Balaban J connectivity index is 1.22. The molecule has 1 aromatic heterocycles. The molecule has 1 unspecified atom stereocenters. The van der Waals surface area contributed by atoms with E-state index < -0.39 is 0 Å². The lowest BCUT2D eigenvalue weighted by Gasteiger charge is -2.50. The van der Waals surface area contributed by atoms with Crippen LogP contribution >= 0.6 is 0 Å². The van der Waals surface area contributed by atoms with Gasteiger partial charge in [-0.25, -0.2) is 15.0 Å². The van der Waals surface area contributed by atoms with Crippen molar-refractivity contribution in [3.8, 4) is 51.4 Å². The van der Waals surface area contributed by atoms with Gasteiger partial charge in [-0.05, 0) is 101 Å². The van der Waals surface area contributed by atoms with E-state index in [1.54, 1.807) is 0 Å². The van der Waals surface area contributed by atoms with Crippen molar-refractivity contribution in [2.45, 2.75) is 70.6 Å². The van der Waals surface area contributed by atoms with Crippen LogP contribution in [0.2, 0.25) is 0 Å². The number of nitrogens with zero attached hydrogens (tertiary/aromatic N) is 4. The summed E-state index contributed by atoms with van der Waals surface area (Å²) in [6.45, 7) is 9.37. The van der Waals surface area contributed by atoms with Gasteiger partial charge in [-0.1, -0.05) is 100 Å². The molecule has 4 heteroatoms. The normalized spacial score (nSPS) is 24.1. The Kier molecular flexibility index (Phi) is 6.73. The van der Waals surface area contributed by atoms with Crippen LogP contribution in [0, 0.1) is 29.1 Å². The third kappa shape index (κ3) is 4.76. The molecule has 0 N–H and O–H groups in total. The first-order chi connectivity index (χ1) is 22.2. The highest BCUT2D eigenvalue weighted by Gasteiger charge is 2.45. The summed E-state index contributed by atoms with van der Waals surface area (Å²) in [5.74, 6) is 4.45. The standard InChI is InChI=1S/C42H40N4/c1-26-18-29-19-27(2)23-42(22-26,24-29)33-14-11-31(12-15-33)39-44-38(30-8-6-5-7-9-30)45-40(46-39)32-13-17-36-35(21-32)34-16-10-28(25-43)20-37(34)41(36,3)4/h5-17,20-21,26-27,29H,18-19,22-24H2,1-4H3/t26-,27+,29-,42?. The van der Waals surface area contributed by atoms with Gasteiger partial charge < -0.3 is 0 Å². The predicted octanol–water partition coefficient (Wildman–Crippen LogP) is 10.2. The van der Waals surface area contributed by atoms with E-state index in [1.165, 1.54) is 59.9 Å². The van der Waals surface area contributed by atoms with Crippen molar-refractivity contribution in [3.05, 3.63) is 113 Å². The van der Waals surface area contributed by atoms with Gasteiger partial charge >= 0.3 is 0 Å². The fourth-order valence-corrected chi connectivity index (χ4v) is 9.34. The Morgan fingerprint density at radius 3 is 1.89 bits per heavy atom. The van der Waals surface area contributed by atoms with Gasteiger partial charge in [0.25, 0.3) is 0 Å². The second-order valence-electron chi connectivity index (χ2n) is 14.9. The smallest absolute Gasteiger partial charge is 0.164 e. The molecule has 228 valence electrons. The molecule has 0 aliphatic heterocycles. The van der Waals surface area contributed by atoms with Gasteiger partial charge in [0.1, 0.15) is 0 Å². The molecule has 2 bridgehead atoms. The van der Waals surface area contributed by atoms with E-state index >= 15 is 0 Å². The van der Waals surface area contributed by atoms with Crippen LogP contribution in [-0.2, 0) is 10.8 Å². The molecule has 8 rings (SSSR count). The van der Waals surface area contributed by atoms with E-state index in [0.717, 1.165) is 34.4 Å². The monoisotopic (exact) mass is 600 g/mol. The molecule has 5 aromatic rings. The van der Waals surface area contributed by atoms with Crippen molar-refractivity contribution in [2.24, 2.45) is 17.8 Å². The predicted molar refractivity (Wildman–Crippen MR) is 185 cm³/mol. The molecule has 0 spiro atoms. The highest BCUT2D eigenvalue weighted by Crippen LogP contribution is 2.54. The van der Waals surface area contributed by atoms with E-state index in [4.69, 9.17) is 15.0 Å². The molecule has 4 atom stereocenters. The average molecular weight is 601 g/mol. The molecule has 0 saturated heterocycles. The number of nitriles is 1. The third-order valence-corrected chi connectivity index (χ3v) is 11.1. The van der Waals surface area contributed by atoms with Crippen molar-refractivity contribution >= 4 is 0 Å². The first-order valence-corrected chi connectivity index (χ1v) is 16.8. The lowest BCUT2D eigenvalue weighted by atomic mass is 9.54. The van der Waals surface area contributed by atoms with Crippen LogP contribution in [0.15, 0.2) is 91.0 Å². The quantitative estimate of drug-likeness (QED) is 0.206. The number of benzene rings is 4. The largest absolute Gasteiger partial charge is 0.208 e. The Morgan fingerprint density at radius 1 is 0.630 bits per heavy atom. The van der Waals surface area contributed by atoms with Gasteiger partial charge in [0.2, 0.25) is 0 Å². The minimum Gasteiger partial charge on any atom is -0.208 e. The fourth-order valence-electron chi connectivity index (χ4n) is 9.34. The fraction of sp³-hybridized carbons (Fsp3) is 0.333. The third-order valence-electron chi connectivity index (χ3n) is 11.1. The Bertz CT molecular complexity index is 1980. The first-order valence-electron chi connectivity index (χ1n) is 16.8. The summed E-state index contributed by atoms with van der Waals surface area (Å²) in [7, 11) is 0. The van der Waals surface area contributed by atoms with Gasteiger partial charge in [0.05, 0.1) is 11.6 Å². The summed E-state index contributed by atoms with van der Waals surface area (Å²) in [4.78, 5) is 15.2. The maximum atomic E-state index is 9.56. The van der Waals surface area contributed by atoms with E-state index in [2.05, 4.69) is 94.4 Å². The van der Waals surface area contributed by atoms with Gasteiger partial charge in [-0.15, -0.1) is 0 Å². The maximum Gasteiger partial charge on any atom is 0.164 e. The molecule has 1 heterocycles. The van der Waals surface area contributed by atoms with Crippen molar-refractivity contribution in [1.29, 1.82) is 5.26 Å². The molecule has 0 amide bonds. The summed E-state index contributed by atoms with van der Waals surface area (Å²) in [6.07, 6.45) is 6.67. The summed E-state index contributed by atoms with van der Waals surface area (Å²) in [5, 5.41) is 9.56. The second-order valence-corrected chi connectivity index (χ2v) is 14.9. The summed E-state index contributed by atoms with van der Waals surface area (Å²) < 4.78 is 0. The van der Waals surface area contributed by atoms with Crippen LogP contribution in [0.4, 0.5) is 0 Å². The summed E-state index contributed by atoms with van der Waals surface area (Å²) in [5.41, 5.74) is 10.0. The zero-order chi connectivity index (χ0) is 31.6. The van der Waals surface area contributed by atoms with Crippen LogP contribution in [-0.4, -0.2) is 15.0 Å². The van der Waals surface area contributed by atoms with Crippen LogP contribution in [0.1, 0.15) is 82.1 Å². The van der Waals surface area contributed by atoms with E-state index in [-0.39, 0.29) is 5.41 Å². The van der Waals surface area contributed by atoms with E-state index in [1.807, 2.05) is 30.3 Å². The molecular weight excluding hydrogens is 560 g/mol. The zero-order valence-corrected chi connectivity index (χ0v) is 27.2. The lowest BCUT2D eigenvalue weighted by molar-refractivity contribution is 0.0780. The molecule has 3 aliphatic carbocycles. The molecule has 4 nitrogen and oxygen atoms in total. The van der Waals surface area contributed by atoms with Crippen LogP contribution in [0.3, 0.4) is 0 Å². The van der Waals surface area contributed by atoms with Gasteiger partial charge in [-0.2, -0.15) is 5.26 Å². The van der Waals surface area contributed by atoms with Crippen LogP contribution in [0.25, 0.3) is 45.3 Å². The molecule has 2 saturated carbocycles. The topological polar surface area (TPSA) is 62.5 Å². The Labute approximate surface area is 272 Å². The van der Waals surface area contributed by atoms with Crippen LogP contribution < -0.4 is 0 Å². The lowest BCUT2D eigenvalue weighted by Crippen LogP contribution is -2.42.